The van der Waals surface area contributed by atoms with Gasteiger partial charge >= 0.3 is 6.18 Å². The van der Waals surface area contributed by atoms with Gasteiger partial charge in [0.05, 0.1) is 12.5 Å². The van der Waals surface area contributed by atoms with Crippen molar-refractivity contribution in [3.63, 3.8) is 0 Å². The average Bonchev–Trinajstić information content (AvgIpc) is 2.98. The molecule has 0 N–H and O–H groups in total. The molecule has 0 bridgehead atoms. The predicted octanol–water partition coefficient (Wildman–Crippen LogP) is 3.78. The molecular formula is C14H13F4N3. The van der Waals surface area contributed by atoms with E-state index in [2.05, 4.69) is 10.1 Å². The first-order valence-corrected chi connectivity index (χ1v) is 6.65. The Kier molecular flexibility index (Phi) is 3.43. The molecule has 0 saturated carbocycles. The molecular weight excluding hydrogens is 286 g/mol. The van der Waals surface area contributed by atoms with Crippen molar-refractivity contribution in [3.05, 3.63) is 47.5 Å². The van der Waals surface area contributed by atoms with Gasteiger partial charge in [-0.05, 0) is 5.56 Å². The highest BCUT2D eigenvalue weighted by Crippen LogP contribution is 2.39. The van der Waals surface area contributed by atoms with Crippen LogP contribution in [-0.2, 0) is 6.42 Å². The van der Waals surface area contributed by atoms with Crippen molar-refractivity contribution >= 4 is 0 Å². The van der Waals surface area contributed by atoms with Crippen molar-refractivity contribution in [2.75, 3.05) is 0 Å². The van der Waals surface area contributed by atoms with E-state index in [1.165, 1.54) is 4.68 Å². The summed E-state index contributed by atoms with van der Waals surface area (Å²) in [5, 5.41) is 4.07. The topological polar surface area (TPSA) is 30.7 Å². The highest BCUT2D eigenvalue weighted by Gasteiger charge is 2.36. The minimum absolute atomic E-state index is 0.0469. The first kappa shape index (κ1) is 14.0. The maximum absolute atomic E-state index is 14.0. The predicted molar refractivity (Wildman–Crippen MR) is 67.4 cm³/mol. The first-order valence-electron chi connectivity index (χ1n) is 6.65. The highest BCUT2D eigenvalue weighted by molar-refractivity contribution is 5.23. The molecule has 1 aromatic carbocycles. The summed E-state index contributed by atoms with van der Waals surface area (Å²) in [6, 6.07) is 8.92. The summed E-state index contributed by atoms with van der Waals surface area (Å²) in [7, 11) is 0. The lowest BCUT2D eigenvalue weighted by Gasteiger charge is -2.11. The van der Waals surface area contributed by atoms with E-state index in [0.29, 0.717) is 0 Å². The second-order valence-corrected chi connectivity index (χ2v) is 5.08. The van der Waals surface area contributed by atoms with E-state index >= 15 is 0 Å². The van der Waals surface area contributed by atoms with Gasteiger partial charge in [0.2, 0.25) is 0 Å². The van der Waals surface area contributed by atoms with Crippen molar-refractivity contribution in [2.45, 2.75) is 37.7 Å². The summed E-state index contributed by atoms with van der Waals surface area (Å²) in [4.78, 5) is 3.93. The van der Waals surface area contributed by atoms with E-state index in [0.717, 1.165) is 5.56 Å². The fourth-order valence-electron chi connectivity index (χ4n) is 2.54. The molecule has 3 nitrogen and oxygen atoms in total. The van der Waals surface area contributed by atoms with E-state index in [1.807, 2.05) is 30.3 Å². The quantitative estimate of drug-likeness (QED) is 0.808. The van der Waals surface area contributed by atoms with E-state index in [9.17, 15) is 17.6 Å². The number of fused-ring (bicyclic) bond motifs is 1. The van der Waals surface area contributed by atoms with Crippen LogP contribution in [0.1, 0.15) is 42.3 Å². The molecule has 2 aromatic rings. The molecule has 3 rings (SSSR count). The van der Waals surface area contributed by atoms with Gasteiger partial charge < -0.3 is 0 Å². The van der Waals surface area contributed by atoms with Gasteiger partial charge in [0, 0.05) is 12.8 Å². The van der Waals surface area contributed by atoms with Crippen molar-refractivity contribution in [3.8, 4) is 0 Å². The molecule has 0 saturated heterocycles. The lowest BCUT2D eigenvalue weighted by molar-refractivity contribution is -0.134. The van der Waals surface area contributed by atoms with Crippen LogP contribution in [0.4, 0.5) is 17.6 Å². The third kappa shape index (κ3) is 2.91. The van der Waals surface area contributed by atoms with Crippen LogP contribution in [-0.4, -0.2) is 20.9 Å². The Labute approximate surface area is 118 Å². The molecule has 1 aliphatic heterocycles. The Bertz CT molecular complexity index is 621. The molecule has 2 atom stereocenters. The van der Waals surface area contributed by atoms with Gasteiger partial charge in [-0.3, -0.25) is 0 Å². The Hall–Kier alpha value is -1.92. The zero-order valence-corrected chi connectivity index (χ0v) is 11.0. The van der Waals surface area contributed by atoms with Crippen molar-refractivity contribution in [1.29, 1.82) is 0 Å². The van der Waals surface area contributed by atoms with Gasteiger partial charge in [0.25, 0.3) is 0 Å². The minimum atomic E-state index is -4.26. The molecule has 7 heteroatoms. The number of nitrogens with zero attached hydrogens (tertiary/aromatic N) is 3. The average molecular weight is 299 g/mol. The SMILES string of the molecule is F[C@@H]1C[C@H](c2ccccc2)n2nc(CCC(F)(F)F)nc21. The van der Waals surface area contributed by atoms with Crippen LogP contribution in [0.3, 0.4) is 0 Å². The van der Waals surface area contributed by atoms with Gasteiger partial charge in [-0.15, -0.1) is 0 Å². The molecule has 0 fully saturated rings. The van der Waals surface area contributed by atoms with Gasteiger partial charge in [0.1, 0.15) is 0 Å². The molecule has 0 amide bonds. The second kappa shape index (κ2) is 5.13. The number of benzene rings is 1. The van der Waals surface area contributed by atoms with Crippen LogP contribution in [0.2, 0.25) is 0 Å². The summed E-state index contributed by atoms with van der Waals surface area (Å²) in [5.41, 5.74) is 0.881. The van der Waals surface area contributed by atoms with Crippen LogP contribution in [0, 0.1) is 0 Å². The molecule has 2 heterocycles. The van der Waals surface area contributed by atoms with Crippen molar-refractivity contribution in [2.24, 2.45) is 0 Å². The van der Waals surface area contributed by atoms with Crippen LogP contribution in [0.15, 0.2) is 30.3 Å². The smallest absolute Gasteiger partial charge is 0.239 e. The van der Waals surface area contributed by atoms with Crippen LogP contribution < -0.4 is 0 Å². The van der Waals surface area contributed by atoms with E-state index in [-0.39, 0.29) is 30.5 Å². The lowest BCUT2D eigenvalue weighted by atomic mass is 10.0. The molecule has 21 heavy (non-hydrogen) atoms. The Morgan fingerprint density at radius 2 is 1.90 bits per heavy atom. The zero-order valence-electron chi connectivity index (χ0n) is 11.0. The maximum Gasteiger partial charge on any atom is 0.389 e. The number of alkyl halides is 4. The Morgan fingerprint density at radius 1 is 1.19 bits per heavy atom. The second-order valence-electron chi connectivity index (χ2n) is 5.08. The Morgan fingerprint density at radius 3 is 2.57 bits per heavy atom. The molecule has 0 aliphatic carbocycles. The largest absolute Gasteiger partial charge is 0.389 e. The summed E-state index contributed by atoms with van der Waals surface area (Å²) >= 11 is 0. The van der Waals surface area contributed by atoms with Crippen LogP contribution in [0.5, 0.6) is 0 Å². The summed E-state index contributed by atoms with van der Waals surface area (Å²) < 4.78 is 52.1. The molecule has 112 valence electrons. The molecule has 0 spiro atoms. The van der Waals surface area contributed by atoms with Gasteiger partial charge in [-0.1, -0.05) is 30.3 Å². The number of aryl methyl sites for hydroxylation is 1. The van der Waals surface area contributed by atoms with Crippen molar-refractivity contribution in [1.82, 2.24) is 14.8 Å². The van der Waals surface area contributed by atoms with Gasteiger partial charge in [-0.25, -0.2) is 14.1 Å². The van der Waals surface area contributed by atoms with Gasteiger partial charge in [-0.2, -0.15) is 18.3 Å². The number of hydrogen-bond donors (Lipinski definition) is 0. The lowest BCUT2D eigenvalue weighted by Crippen LogP contribution is -2.11. The summed E-state index contributed by atoms with van der Waals surface area (Å²) in [6.07, 6.45) is -6.65. The fraction of sp³-hybridized carbons (Fsp3) is 0.429. The number of aromatic nitrogens is 3. The normalized spacial score (nSPS) is 21.5. The monoisotopic (exact) mass is 299 g/mol. The van der Waals surface area contributed by atoms with E-state index < -0.39 is 18.8 Å². The number of halogens is 4. The third-order valence-corrected chi connectivity index (χ3v) is 3.52. The fourth-order valence-corrected chi connectivity index (χ4v) is 2.54. The number of rotatable bonds is 3. The maximum atomic E-state index is 14.0. The molecule has 0 unspecified atom stereocenters. The zero-order chi connectivity index (χ0) is 15.0. The highest BCUT2D eigenvalue weighted by atomic mass is 19.4. The van der Waals surface area contributed by atoms with Crippen molar-refractivity contribution < 1.29 is 17.6 Å². The molecule has 1 aromatic heterocycles. The number of hydrogen-bond acceptors (Lipinski definition) is 2. The summed E-state index contributed by atoms with van der Waals surface area (Å²) in [6.45, 7) is 0. The van der Waals surface area contributed by atoms with Crippen LogP contribution in [0.25, 0.3) is 0 Å². The minimum Gasteiger partial charge on any atom is -0.239 e. The van der Waals surface area contributed by atoms with E-state index in [4.69, 9.17) is 0 Å². The molecule has 0 radical (unpaired) electrons. The Balaban J connectivity index is 1.84. The van der Waals surface area contributed by atoms with Crippen LogP contribution >= 0.6 is 0 Å². The molecule has 1 aliphatic rings. The van der Waals surface area contributed by atoms with Gasteiger partial charge in [0.15, 0.2) is 17.8 Å². The summed E-state index contributed by atoms with van der Waals surface area (Å²) in [5.74, 6) is 0.173. The third-order valence-electron chi connectivity index (χ3n) is 3.52. The van der Waals surface area contributed by atoms with E-state index in [1.54, 1.807) is 0 Å². The first-order chi connectivity index (χ1) is 9.94. The standard InChI is InChI=1S/C14H13F4N3/c15-10-8-11(9-4-2-1-3-5-9)21-13(10)19-12(20-21)6-7-14(16,17)18/h1-5,10-11H,6-8H2/t10-,11-/m1/s1.